The zero-order chi connectivity index (χ0) is 24.1. The normalized spacial score (nSPS) is 19.9. The van der Waals surface area contributed by atoms with Gasteiger partial charge in [-0.05, 0) is 43.5 Å². The minimum atomic E-state index is -0.0473. The third-order valence-electron chi connectivity index (χ3n) is 7.03. The van der Waals surface area contributed by atoms with Crippen molar-refractivity contribution in [3.8, 4) is 11.1 Å². The second-order valence-electron chi connectivity index (χ2n) is 9.50. The van der Waals surface area contributed by atoms with Gasteiger partial charge in [-0.25, -0.2) is 9.97 Å². The van der Waals surface area contributed by atoms with Gasteiger partial charge in [0, 0.05) is 76.6 Å². The lowest BCUT2D eigenvalue weighted by Gasteiger charge is -2.38. The molecule has 2 aromatic rings. The zero-order valence-corrected chi connectivity index (χ0v) is 21.5. The number of benzene rings is 1. The second-order valence-corrected chi connectivity index (χ2v) is 9.93. The highest BCUT2D eigenvalue weighted by Crippen LogP contribution is 2.37. The predicted molar refractivity (Wildman–Crippen MR) is 138 cm³/mol. The van der Waals surface area contributed by atoms with Crippen LogP contribution in [0.2, 0.25) is 5.02 Å². The van der Waals surface area contributed by atoms with E-state index in [0.29, 0.717) is 17.4 Å². The molecule has 7 nitrogen and oxygen atoms in total. The number of rotatable bonds is 7. The summed E-state index contributed by atoms with van der Waals surface area (Å²) in [6, 6.07) is 7.76. The molecule has 0 N–H and O–H groups in total. The molecule has 1 aromatic carbocycles. The molecule has 0 radical (unpaired) electrons. The lowest BCUT2D eigenvalue weighted by Crippen LogP contribution is -2.47. The molecular weight excluding hydrogens is 448 g/mol. The van der Waals surface area contributed by atoms with Crippen molar-refractivity contribution >= 4 is 23.5 Å². The van der Waals surface area contributed by atoms with Crippen molar-refractivity contribution in [2.45, 2.75) is 38.6 Å². The maximum Gasteiger partial charge on any atom is 0.225 e. The molecule has 8 heteroatoms. The van der Waals surface area contributed by atoms with Crippen LogP contribution < -0.4 is 4.90 Å². The molecule has 1 aromatic heterocycles. The largest absolute Gasteiger partial charge is 0.347 e. The van der Waals surface area contributed by atoms with E-state index in [4.69, 9.17) is 16.6 Å². The molecule has 1 atom stereocenters. The van der Waals surface area contributed by atoms with Crippen LogP contribution in [0.5, 0.6) is 0 Å². The Morgan fingerprint density at radius 1 is 1.12 bits per heavy atom. The molecule has 2 aliphatic rings. The van der Waals surface area contributed by atoms with Crippen LogP contribution in [0.3, 0.4) is 0 Å². The number of carbonyl (C=O) groups is 1. The van der Waals surface area contributed by atoms with Gasteiger partial charge in [0.25, 0.3) is 0 Å². The van der Waals surface area contributed by atoms with Crippen molar-refractivity contribution < 1.29 is 4.79 Å². The molecule has 1 amide bonds. The molecular formula is C26H37ClN6O. The van der Waals surface area contributed by atoms with Gasteiger partial charge >= 0.3 is 0 Å². The van der Waals surface area contributed by atoms with Crippen LogP contribution in [0.25, 0.3) is 11.1 Å². The van der Waals surface area contributed by atoms with Gasteiger partial charge in [-0.3, -0.25) is 4.79 Å². The lowest BCUT2D eigenvalue weighted by molar-refractivity contribution is -0.135. The Balaban J connectivity index is 1.56. The van der Waals surface area contributed by atoms with Gasteiger partial charge in [0.05, 0.1) is 11.7 Å². The smallest absolute Gasteiger partial charge is 0.225 e. The number of nitrogens with zero attached hydrogens (tertiary/aromatic N) is 6. The zero-order valence-electron chi connectivity index (χ0n) is 20.7. The maximum atomic E-state index is 13.5. The molecule has 0 unspecified atom stereocenters. The minimum Gasteiger partial charge on any atom is -0.347 e. The van der Waals surface area contributed by atoms with E-state index >= 15 is 0 Å². The molecule has 2 fully saturated rings. The number of aromatic nitrogens is 2. The van der Waals surface area contributed by atoms with Gasteiger partial charge in [-0.15, -0.1) is 0 Å². The first-order chi connectivity index (χ1) is 16.5. The summed E-state index contributed by atoms with van der Waals surface area (Å²) in [6.45, 7) is 9.19. The topological polar surface area (TPSA) is 55.8 Å². The lowest BCUT2D eigenvalue weighted by atomic mass is 9.93. The van der Waals surface area contributed by atoms with Gasteiger partial charge in [-0.2, -0.15) is 0 Å². The molecule has 0 bridgehead atoms. The average molecular weight is 485 g/mol. The number of hydrogen-bond acceptors (Lipinski definition) is 6. The number of amides is 1. The van der Waals surface area contributed by atoms with E-state index in [-0.39, 0.29) is 11.9 Å². The third kappa shape index (κ3) is 5.88. The van der Waals surface area contributed by atoms with E-state index in [1.807, 2.05) is 49.5 Å². The van der Waals surface area contributed by atoms with Crippen LogP contribution in [-0.2, 0) is 4.79 Å². The van der Waals surface area contributed by atoms with Crippen LogP contribution in [0.15, 0.2) is 30.5 Å². The molecule has 3 heterocycles. The van der Waals surface area contributed by atoms with Crippen LogP contribution in [0, 0.1) is 0 Å². The number of hydrogen-bond donors (Lipinski definition) is 0. The highest BCUT2D eigenvalue weighted by Gasteiger charge is 2.32. The van der Waals surface area contributed by atoms with Gasteiger partial charge in [0.15, 0.2) is 0 Å². The van der Waals surface area contributed by atoms with Crippen molar-refractivity contribution in [3.63, 3.8) is 0 Å². The molecule has 34 heavy (non-hydrogen) atoms. The van der Waals surface area contributed by atoms with Gasteiger partial charge in [0.2, 0.25) is 11.9 Å². The van der Waals surface area contributed by atoms with E-state index in [2.05, 4.69) is 26.6 Å². The van der Waals surface area contributed by atoms with E-state index < -0.39 is 0 Å². The summed E-state index contributed by atoms with van der Waals surface area (Å²) in [5.41, 5.74) is 2.86. The summed E-state index contributed by atoms with van der Waals surface area (Å²) in [7, 11) is 3.89. The number of halogens is 1. The summed E-state index contributed by atoms with van der Waals surface area (Å²) < 4.78 is 0. The SMILES string of the molecule is CCN1CCN(CCC(=O)N2CCCC[C@@H]2c2nc(N(C)C)ncc2-c2cccc(Cl)c2)CC1. The van der Waals surface area contributed by atoms with Crippen molar-refractivity contribution in [2.24, 2.45) is 0 Å². The average Bonchev–Trinajstić information content (AvgIpc) is 2.87. The first kappa shape index (κ1) is 24.9. The van der Waals surface area contributed by atoms with Gasteiger partial charge < -0.3 is 19.6 Å². The summed E-state index contributed by atoms with van der Waals surface area (Å²) in [5.74, 6) is 0.886. The summed E-state index contributed by atoms with van der Waals surface area (Å²) >= 11 is 6.31. The first-order valence-corrected chi connectivity index (χ1v) is 12.9. The molecule has 0 aliphatic carbocycles. The van der Waals surface area contributed by atoms with E-state index in [1.165, 1.54) is 0 Å². The standard InChI is InChI=1S/C26H37ClN6O/c1-4-31-14-16-32(17-15-31)13-11-24(34)33-12-6-5-10-23(33)25-22(19-28-26(29-25)30(2)3)20-8-7-9-21(27)18-20/h7-9,18-19,23H,4-6,10-17H2,1-3H3/t23-/m1/s1. The molecule has 0 spiro atoms. The number of likely N-dealkylation sites (N-methyl/N-ethyl adjacent to an activating group) is 1. The molecule has 4 rings (SSSR count). The number of likely N-dealkylation sites (tertiary alicyclic amines) is 1. The third-order valence-corrected chi connectivity index (χ3v) is 7.27. The molecule has 2 saturated heterocycles. The number of piperidine rings is 1. The monoisotopic (exact) mass is 484 g/mol. The van der Waals surface area contributed by atoms with Crippen LogP contribution in [0.1, 0.15) is 44.3 Å². The Kier molecular flexibility index (Phi) is 8.40. The highest BCUT2D eigenvalue weighted by molar-refractivity contribution is 6.30. The van der Waals surface area contributed by atoms with E-state index in [0.717, 1.165) is 81.9 Å². The number of carbonyl (C=O) groups excluding carboxylic acids is 1. The Hall–Kier alpha value is -2.22. The number of piperazine rings is 1. The van der Waals surface area contributed by atoms with Crippen molar-refractivity contribution in [3.05, 3.63) is 41.2 Å². The van der Waals surface area contributed by atoms with Crippen molar-refractivity contribution in [1.29, 1.82) is 0 Å². The fourth-order valence-electron chi connectivity index (χ4n) is 4.97. The van der Waals surface area contributed by atoms with Crippen molar-refractivity contribution in [1.82, 2.24) is 24.7 Å². The summed E-state index contributed by atoms with van der Waals surface area (Å²) in [5, 5.41) is 0.680. The molecule has 0 saturated carbocycles. The minimum absolute atomic E-state index is 0.0473. The Bertz CT molecular complexity index is 976. The maximum absolute atomic E-state index is 13.5. The van der Waals surface area contributed by atoms with Gasteiger partial charge in [-0.1, -0.05) is 30.7 Å². The Morgan fingerprint density at radius 2 is 1.88 bits per heavy atom. The first-order valence-electron chi connectivity index (χ1n) is 12.5. The quantitative estimate of drug-likeness (QED) is 0.593. The Morgan fingerprint density at radius 3 is 2.59 bits per heavy atom. The van der Waals surface area contributed by atoms with Crippen LogP contribution in [0.4, 0.5) is 5.95 Å². The van der Waals surface area contributed by atoms with Gasteiger partial charge in [0.1, 0.15) is 0 Å². The van der Waals surface area contributed by atoms with E-state index in [9.17, 15) is 4.79 Å². The Labute approximate surface area is 208 Å². The second kappa shape index (κ2) is 11.5. The highest BCUT2D eigenvalue weighted by atomic mass is 35.5. The van der Waals surface area contributed by atoms with E-state index in [1.54, 1.807) is 0 Å². The summed E-state index contributed by atoms with van der Waals surface area (Å²) in [6.07, 6.45) is 5.48. The van der Waals surface area contributed by atoms with Crippen LogP contribution in [-0.4, -0.2) is 90.5 Å². The summed E-state index contributed by atoms with van der Waals surface area (Å²) in [4.78, 5) is 31.9. The predicted octanol–water partition coefficient (Wildman–Crippen LogP) is 3.94. The molecule has 2 aliphatic heterocycles. The molecule has 184 valence electrons. The number of anilines is 1. The fraction of sp³-hybridized carbons (Fsp3) is 0.577. The fourth-order valence-corrected chi connectivity index (χ4v) is 5.16. The van der Waals surface area contributed by atoms with Crippen LogP contribution >= 0.6 is 11.6 Å². The van der Waals surface area contributed by atoms with Crippen molar-refractivity contribution in [2.75, 3.05) is 64.8 Å².